The first kappa shape index (κ1) is 30.5. The SMILES string of the molecule is C[C@@H]1[C@@H](C)N(C(C)(C)C)[SiH-]([Se])([O+][SiH-]2([Se+])N(C(C)(C)C)[C@H](C)[C@@H](C)N2C(C)(C)C)N1C(C)(C)C. The van der Waals surface area contributed by atoms with Gasteiger partial charge in [0, 0.05) is 0 Å². The third-order valence-corrected chi connectivity index (χ3v) is 28.6. The summed E-state index contributed by atoms with van der Waals surface area (Å²) in [5.74, 6) is 0. The molecule has 9 heteroatoms. The van der Waals surface area contributed by atoms with Gasteiger partial charge < -0.3 is 0 Å². The van der Waals surface area contributed by atoms with E-state index in [4.69, 9.17) is 4.12 Å². The Morgan fingerprint density at radius 3 is 0.970 bits per heavy atom. The number of hydrogen-bond acceptors (Lipinski definition) is 5. The maximum absolute atomic E-state index is 7.91. The van der Waals surface area contributed by atoms with Gasteiger partial charge in [0.15, 0.2) is 0 Å². The van der Waals surface area contributed by atoms with Crippen LogP contribution in [0.15, 0.2) is 0 Å². The van der Waals surface area contributed by atoms with Gasteiger partial charge in [-0.25, -0.2) is 0 Å². The molecule has 2 heterocycles. The molecule has 0 amide bonds. The van der Waals surface area contributed by atoms with E-state index in [9.17, 15) is 0 Å². The van der Waals surface area contributed by atoms with E-state index in [0.29, 0.717) is 24.2 Å². The Morgan fingerprint density at radius 1 is 0.545 bits per heavy atom. The van der Waals surface area contributed by atoms with Gasteiger partial charge in [-0.15, -0.1) is 0 Å². The van der Waals surface area contributed by atoms with Crippen molar-refractivity contribution in [3.8, 4) is 0 Å². The molecule has 2 fully saturated rings. The van der Waals surface area contributed by atoms with Crippen LogP contribution in [0.4, 0.5) is 0 Å². The average Bonchev–Trinajstić information content (AvgIpc) is 2.80. The van der Waals surface area contributed by atoms with Crippen molar-refractivity contribution in [3.05, 3.63) is 0 Å². The molecular formula is C24H54N4OSe2Si2. The molecule has 0 aromatic carbocycles. The first-order valence-electron chi connectivity index (χ1n) is 12.9. The number of nitrogens with zero attached hydrogens (tertiary/aromatic N) is 4. The van der Waals surface area contributed by atoms with E-state index in [1.807, 2.05) is 0 Å². The zero-order chi connectivity index (χ0) is 26.3. The van der Waals surface area contributed by atoms with Crippen molar-refractivity contribution < 1.29 is 4.12 Å². The van der Waals surface area contributed by atoms with Crippen molar-refractivity contribution in [2.24, 2.45) is 0 Å². The van der Waals surface area contributed by atoms with E-state index < -0.39 is 14.5 Å². The van der Waals surface area contributed by atoms with Crippen LogP contribution >= 0.6 is 0 Å². The molecule has 2 saturated heterocycles. The fraction of sp³-hybridized carbons (Fsp3) is 1.00. The summed E-state index contributed by atoms with van der Waals surface area (Å²) in [4.78, 5) is 0. The molecule has 33 heavy (non-hydrogen) atoms. The van der Waals surface area contributed by atoms with Crippen LogP contribution in [0.3, 0.4) is 0 Å². The second-order valence-corrected chi connectivity index (χ2v) is 28.3. The molecule has 0 spiro atoms. The number of rotatable bonds is 2. The van der Waals surface area contributed by atoms with Crippen LogP contribution in [0.2, 0.25) is 0 Å². The standard InChI is InChI=1S/C24H54N4OSe2Si2/c1-17-18(2)26(22(8,9)10)32(30,25(17)21(5,6)7)29-33(31)27(23(11,12)13)19(3)20(4)28(33)24(14,15)16/h17-20,32-33H,1-16H3/t17-,18-,19-,20-/m1/s1. The Labute approximate surface area is 223 Å². The fourth-order valence-corrected chi connectivity index (χ4v) is 40.9. The first-order valence-corrected chi connectivity index (χ1v) is 22.8. The van der Waals surface area contributed by atoms with Crippen molar-refractivity contribution in [1.29, 1.82) is 0 Å². The molecule has 0 aliphatic carbocycles. The molecule has 0 bridgehead atoms. The van der Waals surface area contributed by atoms with Gasteiger partial charge in [-0.05, 0) is 0 Å². The Hall–Kier alpha value is 1.27. The van der Waals surface area contributed by atoms with E-state index in [-0.39, 0.29) is 22.2 Å². The minimum atomic E-state index is -3.08. The third-order valence-electron chi connectivity index (χ3n) is 8.01. The molecule has 0 aromatic rings. The predicted octanol–water partition coefficient (Wildman–Crippen LogP) is 3.66. The van der Waals surface area contributed by atoms with Crippen LogP contribution in [0.5, 0.6) is 0 Å². The van der Waals surface area contributed by atoms with Crippen molar-refractivity contribution in [1.82, 2.24) is 18.3 Å². The predicted molar refractivity (Wildman–Crippen MR) is 151 cm³/mol. The molecule has 196 valence electrons. The van der Waals surface area contributed by atoms with Crippen molar-refractivity contribution >= 4 is 45.2 Å². The van der Waals surface area contributed by atoms with Gasteiger partial charge in [-0.1, -0.05) is 0 Å². The second kappa shape index (κ2) is 8.94. The topological polar surface area (TPSA) is 24.3 Å². The van der Waals surface area contributed by atoms with Crippen molar-refractivity contribution in [2.45, 2.75) is 157 Å². The molecule has 5 nitrogen and oxygen atoms in total. The van der Waals surface area contributed by atoms with Gasteiger partial charge in [0.2, 0.25) is 0 Å². The summed E-state index contributed by atoms with van der Waals surface area (Å²) in [5.41, 5.74) is 0.0309. The Balaban J connectivity index is 2.82. The van der Waals surface area contributed by atoms with E-state index in [0.717, 1.165) is 0 Å². The van der Waals surface area contributed by atoms with E-state index in [1.165, 1.54) is 0 Å². The van der Waals surface area contributed by atoms with Crippen LogP contribution < -0.4 is 0 Å². The van der Waals surface area contributed by atoms with Gasteiger partial charge in [0.05, 0.1) is 0 Å². The first-order chi connectivity index (χ1) is 14.3. The van der Waals surface area contributed by atoms with Crippen molar-refractivity contribution in [3.63, 3.8) is 0 Å². The summed E-state index contributed by atoms with van der Waals surface area (Å²) in [6.07, 6.45) is 0. The summed E-state index contributed by atoms with van der Waals surface area (Å²) in [5, 5.41) is 0. The van der Waals surface area contributed by atoms with Gasteiger partial charge in [0.1, 0.15) is 0 Å². The fourth-order valence-electron chi connectivity index (χ4n) is 7.28. The summed E-state index contributed by atoms with van der Waals surface area (Å²) in [7, 11) is -6.16. The van der Waals surface area contributed by atoms with Gasteiger partial charge in [-0.2, -0.15) is 0 Å². The van der Waals surface area contributed by atoms with Gasteiger partial charge in [-0.3, -0.25) is 0 Å². The van der Waals surface area contributed by atoms with Crippen LogP contribution in [0.1, 0.15) is 111 Å². The third kappa shape index (κ3) is 5.18. The molecule has 2 aliphatic rings. The van der Waals surface area contributed by atoms with E-state index in [1.54, 1.807) is 0 Å². The summed E-state index contributed by atoms with van der Waals surface area (Å²) < 4.78 is 18.9. The maximum atomic E-state index is 7.91. The normalized spacial score (nSPS) is 35.2. The Morgan fingerprint density at radius 2 is 0.758 bits per heavy atom. The summed E-state index contributed by atoms with van der Waals surface area (Å²) in [6, 6.07) is 1.67. The van der Waals surface area contributed by atoms with Gasteiger partial charge >= 0.3 is 225 Å². The molecule has 4 radical (unpaired) electrons. The average molecular weight is 629 g/mol. The zero-order valence-corrected chi connectivity index (χ0v) is 30.2. The van der Waals surface area contributed by atoms with Crippen LogP contribution in [0, 0.1) is 0 Å². The Kier molecular flexibility index (Phi) is 8.26. The van der Waals surface area contributed by atoms with E-state index >= 15 is 0 Å². The molecule has 4 atom stereocenters. The molecule has 2 aliphatic heterocycles. The molecule has 2 rings (SSSR count). The minimum absolute atomic E-state index is 0.00773. The zero-order valence-electron chi connectivity index (χ0n) is 24.5. The van der Waals surface area contributed by atoms with Gasteiger partial charge in [0.25, 0.3) is 0 Å². The molecule has 0 aromatic heterocycles. The number of hydrogen-bond donors (Lipinski definition) is 0. The molecular weight excluding hydrogens is 574 g/mol. The monoisotopic (exact) mass is 630 g/mol. The van der Waals surface area contributed by atoms with Crippen LogP contribution in [-0.4, -0.2) is 110 Å². The molecule has 0 N–H and O–H groups in total. The Bertz CT molecular complexity index is 614. The van der Waals surface area contributed by atoms with Crippen molar-refractivity contribution in [2.75, 3.05) is 0 Å². The molecule has 0 unspecified atom stereocenters. The van der Waals surface area contributed by atoms with E-state index in [2.05, 4.69) is 160 Å². The second-order valence-electron chi connectivity index (χ2n) is 14.7. The quantitative estimate of drug-likeness (QED) is 0.344. The summed E-state index contributed by atoms with van der Waals surface area (Å²) >= 11 is 7.63. The van der Waals surface area contributed by atoms with Crippen LogP contribution in [-0.2, 0) is 4.12 Å². The molecule has 0 saturated carbocycles. The van der Waals surface area contributed by atoms with Crippen LogP contribution in [0.25, 0.3) is 0 Å². The summed E-state index contributed by atoms with van der Waals surface area (Å²) in [6.45, 7) is 37.9.